The summed E-state index contributed by atoms with van der Waals surface area (Å²) in [6, 6.07) is 9.62. The molecule has 3 aromatic heterocycles. The average molecular weight is 507 g/mol. The van der Waals surface area contributed by atoms with E-state index in [1.807, 2.05) is 6.07 Å². The highest BCUT2D eigenvalue weighted by molar-refractivity contribution is 7.15. The fraction of sp³-hybridized carbons (Fsp3) is 0.167. The summed E-state index contributed by atoms with van der Waals surface area (Å²) in [6.45, 7) is 0. The van der Waals surface area contributed by atoms with Gasteiger partial charge in [-0.1, -0.05) is 29.0 Å². The van der Waals surface area contributed by atoms with Crippen LogP contribution in [0.1, 0.15) is 44.7 Å². The lowest BCUT2D eigenvalue weighted by Gasteiger charge is -2.12. The number of methoxy groups -OCH3 is 1. The molecule has 1 aromatic carbocycles. The topological polar surface area (TPSA) is 114 Å². The van der Waals surface area contributed by atoms with E-state index in [9.17, 15) is 9.18 Å². The number of carbonyl (C=O) groups excluding carboxylic acids is 1. The Hall–Kier alpha value is -3.94. The van der Waals surface area contributed by atoms with E-state index in [1.54, 1.807) is 30.5 Å². The normalized spacial score (nSPS) is 16.4. The molecule has 35 heavy (non-hydrogen) atoms. The Balaban J connectivity index is 1.34. The molecule has 8 nitrogen and oxygen atoms in total. The standard InChI is InChI=1S/C24H16ClFN6O2S/c1-34-20-11-29-21(25)8-16(20)18-10-28-5-4-14(18)22(33)30-24-32-31-23(35-24)17-7-15(17)13-3-2-12(9-27)6-19(13)26/h2-6,8,10-11,15,17H,7H2,1H3,(H,30,32,33). The monoisotopic (exact) mass is 506 g/mol. The predicted octanol–water partition coefficient (Wildman–Crippen LogP) is 5.19. The van der Waals surface area contributed by atoms with Gasteiger partial charge in [-0.05, 0) is 42.2 Å². The molecular weight excluding hydrogens is 491 g/mol. The Kier molecular flexibility index (Phi) is 6.11. The first-order valence-corrected chi connectivity index (χ1v) is 11.7. The molecule has 1 amide bonds. The summed E-state index contributed by atoms with van der Waals surface area (Å²) in [6.07, 6.45) is 5.27. The summed E-state index contributed by atoms with van der Waals surface area (Å²) in [5, 5.41) is 21.3. The molecule has 1 N–H and O–H groups in total. The number of nitrogens with zero attached hydrogens (tertiary/aromatic N) is 5. The van der Waals surface area contributed by atoms with Gasteiger partial charge in [0, 0.05) is 29.4 Å². The van der Waals surface area contributed by atoms with Crippen LogP contribution < -0.4 is 10.1 Å². The highest BCUT2D eigenvalue weighted by Gasteiger charge is 2.43. The van der Waals surface area contributed by atoms with Gasteiger partial charge in [0.05, 0.1) is 30.5 Å². The average Bonchev–Trinajstić information content (AvgIpc) is 3.53. The summed E-state index contributed by atoms with van der Waals surface area (Å²) in [4.78, 5) is 21.3. The first-order chi connectivity index (χ1) is 17.0. The van der Waals surface area contributed by atoms with Gasteiger partial charge in [-0.3, -0.25) is 15.1 Å². The Bertz CT molecular complexity index is 1490. The van der Waals surface area contributed by atoms with Crippen LogP contribution in [0.2, 0.25) is 5.15 Å². The largest absolute Gasteiger partial charge is 0.494 e. The quantitative estimate of drug-likeness (QED) is 0.358. The van der Waals surface area contributed by atoms with Gasteiger partial charge >= 0.3 is 0 Å². The molecule has 0 saturated heterocycles. The fourth-order valence-corrected chi connectivity index (χ4v) is 4.98. The van der Waals surface area contributed by atoms with E-state index in [2.05, 4.69) is 25.5 Å². The number of rotatable bonds is 6. The van der Waals surface area contributed by atoms with Gasteiger partial charge in [0.1, 0.15) is 21.7 Å². The van der Waals surface area contributed by atoms with Crippen molar-refractivity contribution in [3.63, 3.8) is 0 Å². The number of carbonyl (C=O) groups is 1. The van der Waals surface area contributed by atoms with E-state index in [1.165, 1.54) is 36.9 Å². The first-order valence-electron chi connectivity index (χ1n) is 10.5. The van der Waals surface area contributed by atoms with Gasteiger partial charge in [0.2, 0.25) is 5.13 Å². The van der Waals surface area contributed by atoms with Gasteiger partial charge in [0.25, 0.3) is 5.91 Å². The van der Waals surface area contributed by atoms with Crippen molar-refractivity contribution in [3.05, 3.63) is 81.6 Å². The maximum Gasteiger partial charge on any atom is 0.258 e. The van der Waals surface area contributed by atoms with Crippen molar-refractivity contribution >= 4 is 34.0 Å². The molecule has 174 valence electrons. The molecule has 4 aromatic rings. The van der Waals surface area contributed by atoms with Crippen LogP contribution in [-0.2, 0) is 0 Å². The molecule has 1 aliphatic rings. The minimum atomic E-state index is -0.398. The number of anilines is 1. The zero-order valence-electron chi connectivity index (χ0n) is 18.2. The number of hydrogen-bond donors (Lipinski definition) is 1. The smallest absolute Gasteiger partial charge is 0.258 e. The minimum Gasteiger partial charge on any atom is -0.494 e. The number of hydrogen-bond acceptors (Lipinski definition) is 8. The van der Waals surface area contributed by atoms with E-state index in [0.717, 1.165) is 6.42 Å². The second-order valence-electron chi connectivity index (χ2n) is 7.82. The van der Waals surface area contributed by atoms with E-state index in [4.69, 9.17) is 21.6 Å². The van der Waals surface area contributed by atoms with E-state index in [-0.39, 0.29) is 22.6 Å². The first kappa shape index (κ1) is 22.8. The molecule has 2 atom stereocenters. The molecule has 1 saturated carbocycles. The van der Waals surface area contributed by atoms with Crippen molar-refractivity contribution in [2.45, 2.75) is 18.3 Å². The van der Waals surface area contributed by atoms with Crippen LogP contribution in [0.4, 0.5) is 9.52 Å². The number of aromatic nitrogens is 4. The highest BCUT2D eigenvalue weighted by atomic mass is 35.5. The van der Waals surface area contributed by atoms with Crippen molar-refractivity contribution in [2.75, 3.05) is 12.4 Å². The second kappa shape index (κ2) is 9.37. The number of halogens is 2. The van der Waals surface area contributed by atoms with Gasteiger partial charge in [-0.15, -0.1) is 10.2 Å². The number of nitriles is 1. The minimum absolute atomic E-state index is 0.0142. The van der Waals surface area contributed by atoms with Crippen LogP contribution in [0.25, 0.3) is 11.1 Å². The Morgan fingerprint density at radius 3 is 2.86 bits per heavy atom. The van der Waals surface area contributed by atoms with E-state index in [0.29, 0.717) is 38.1 Å². The van der Waals surface area contributed by atoms with Crippen molar-refractivity contribution < 1.29 is 13.9 Å². The summed E-state index contributed by atoms with van der Waals surface area (Å²) in [5.74, 6) is -0.364. The SMILES string of the molecule is COc1cnc(Cl)cc1-c1cnccc1C(=O)Nc1nnc(C2CC2c2ccc(C#N)cc2F)s1. The summed E-state index contributed by atoms with van der Waals surface area (Å²) >= 11 is 7.31. The maximum absolute atomic E-state index is 14.4. The van der Waals surface area contributed by atoms with Gasteiger partial charge < -0.3 is 4.74 Å². The van der Waals surface area contributed by atoms with E-state index < -0.39 is 11.7 Å². The zero-order valence-corrected chi connectivity index (χ0v) is 19.8. The maximum atomic E-state index is 14.4. The Morgan fingerprint density at radius 2 is 2.09 bits per heavy atom. The molecule has 0 spiro atoms. The molecule has 0 bridgehead atoms. The lowest BCUT2D eigenvalue weighted by Crippen LogP contribution is -2.13. The van der Waals surface area contributed by atoms with Crippen LogP contribution in [0.5, 0.6) is 5.75 Å². The molecule has 2 unspecified atom stereocenters. The molecule has 0 radical (unpaired) electrons. The van der Waals surface area contributed by atoms with Crippen LogP contribution in [-0.4, -0.2) is 33.2 Å². The lowest BCUT2D eigenvalue weighted by atomic mass is 10.0. The number of benzene rings is 1. The van der Waals surface area contributed by atoms with Gasteiger partial charge in [0.15, 0.2) is 0 Å². The number of ether oxygens (including phenoxy) is 1. The third-order valence-electron chi connectivity index (χ3n) is 5.71. The van der Waals surface area contributed by atoms with Crippen LogP contribution in [0.3, 0.4) is 0 Å². The summed E-state index contributed by atoms with van der Waals surface area (Å²) in [7, 11) is 1.50. The molecule has 1 aliphatic carbocycles. The highest BCUT2D eigenvalue weighted by Crippen LogP contribution is 2.56. The molecule has 3 heterocycles. The lowest BCUT2D eigenvalue weighted by molar-refractivity contribution is 0.102. The fourth-order valence-electron chi connectivity index (χ4n) is 3.91. The van der Waals surface area contributed by atoms with Crippen LogP contribution in [0.15, 0.2) is 48.9 Å². The van der Waals surface area contributed by atoms with Crippen LogP contribution >= 0.6 is 22.9 Å². The van der Waals surface area contributed by atoms with Crippen molar-refractivity contribution in [1.29, 1.82) is 5.26 Å². The third-order valence-corrected chi connectivity index (χ3v) is 6.88. The summed E-state index contributed by atoms with van der Waals surface area (Å²) in [5.41, 5.74) is 2.29. The van der Waals surface area contributed by atoms with Crippen LogP contribution in [0, 0.1) is 17.1 Å². The van der Waals surface area contributed by atoms with Gasteiger partial charge in [-0.2, -0.15) is 5.26 Å². The molecule has 11 heteroatoms. The molecular formula is C24H16ClFN6O2S. The number of pyridine rings is 2. The Labute approximate surface area is 208 Å². The van der Waals surface area contributed by atoms with E-state index >= 15 is 0 Å². The third kappa shape index (κ3) is 4.56. The molecule has 0 aliphatic heterocycles. The second-order valence-corrected chi connectivity index (χ2v) is 9.22. The van der Waals surface area contributed by atoms with Crippen molar-refractivity contribution in [1.82, 2.24) is 20.2 Å². The van der Waals surface area contributed by atoms with Gasteiger partial charge in [-0.25, -0.2) is 9.37 Å². The summed E-state index contributed by atoms with van der Waals surface area (Å²) < 4.78 is 19.7. The number of amides is 1. The van der Waals surface area contributed by atoms with Crippen molar-refractivity contribution in [2.24, 2.45) is 0 Å². The van der Waals surface area contributed by atoms with Crippen molar-refractivity contribution in [3.8, 4) is 22.9 Å². The zero-order chi connectivity index (χ0) is 24.5. The Morgan fingerprint density at radius 1 is 1.23 bits per heavy atom. The molecule has 5 rings (SSSR count). The number of nitrogens with one attached hydrogen (secondary N) is 1. The molecule has 1 fully saturated rings. The predicted molar refractivity (Wildman–Crippen MR) is 128 cm³/mol.